The van der Waals surface area contributed by atoms with E-state index in [4.69, 9.17) is 18.9 Å². The molecule has 0 saturated heterocycles. The number of fused-ring (bicyclic) bond motifs is 7. The number of phenols is 4. The van der Waals surface area contributed by atoms with Gasteiger partial charge >= 0.3 is 5.97 Å². The molecule has 9 rings (SSSR count). The zero-order chi connectivity index (χ0) is 40.8. The van der Waals surface area contributed by atoms with Gasteiger partial charge in [-0.1, -0.05) is 48.4 Å². The zero-order valence-corrected chi connectivity index (χ0v) is 32.0. The van der Waals surface area contributed by atoms with Gasteiger partial charge in [0, 0.05) is 55.0 Å². The summed E-state index contributed by atoms with van der Waals surface area (Å²) in [7, 11) is 1.76. The number of ketones is 1. The number of hydrogen-bond donors (Lipinski definition) is 4. The number of rotatable bonds is 12. The van der Waals surface area contributed by atoms with Crippen molar-refractivity contribution < 1.29 is 49.0 Å². The van der Waals surface area contributed by atoms with E-state index in [1.165, 1.54) is 24.3 Å². The highest BCUT2D eigenvalue weighted by molar-refractivity contribution is 6.05. The highest BCUT2D eigenvalue weighted by Gasteiger charge is 2.53. The molecule has 0 fully saturated rings. The maximum Gasteiger partial charge on any atom is 0.340 e. The highest BCUT2D eigenvalue weighted by Crippen LogP contribution is 2.57. The maximum atomic E-state index is 13.1. The Morgan fingerprint density at radius 2 is 1.58 bits per heavy atom. The number of carbonyl (C=O) groups excluding carboxylic acids is 2. The summed E-state index contributed by atoms with van der Waals surface area (Å²) in [5.74, 6) is 0.342. The SMILES string of the molecule is CN(CCCCCCn1cc(COc2ccc3c(c2)Oc2cc(O)ccc2C32OC(=O)c3ccccc32)nn1)c1c(O)cc2c(c1O)C(=O)CC(c1ccc(O)cc1)O2. The summed E-state index contributed by atoms with van der Waals surface area (Å²) >= 11 is 0. The molecule has 0 aliphatic carbocycles. The Morgan fingerprint density at radius 3 is 2.41 bits per heavy atom. The van der Waals surface area contributed by atoms with Crippen LogP contribution in [0.25, 0.3) is 0 Å². The second-order valence-electron chi connectivity index (χ2n) is 14.9. The summed E-state index contributed by atoms with van der Waals surface area (Å²) in [5.41, 5.74) is 2.76. The Labute approximate surface area is 338 Å². The molecule has 5 aromatic carbocycles. The van der Waals surface area contributed by atoms with Crippen molar-refractivity contribution in [3.8, 4) is 46.0 Å². The van der Waals surface area contributed by atoms with Crippen LogP contribution < -0.4 is 19.1 Å². The van der Waals surface area contributed by atoms with E-state index in [9.17, 15) is 30.0 Å². The molecule has 0 amide bonds. The number of aryl methyl sites for hydroxylation is 1. The van der Waals surface area contributed by atoms with E-state index in [0.29, 0.717) is 63.8 Å². The van der Waals surface area contributed by atoms with Crippen molar-refractivity contribution in [3.63, 3.8) is 0 Å². The summed E-state index contributed by atoms with van der Waals surface area (Å²) in [6.45, 7) is 1.35. The van der Waals surface area contributed by atoms with Gasteiger partial charge in [0.25, 0.3) is 0 Å². The first-order valence-electron chi connectivity index (χ1n) is 19.4. The van der Waals surface area contributed by atoms with E-state index in [1.54, 1.807) is 65.2 Å². The minimum Gasteiger partial charge on any atom is -0.508 e. The molecule has 2 unspecified atom stereocenters. The lowest BCUT2D eigenvalue weighted by Gasteiger charge is -2.36. The molecule has 3 aliphatic heterocycles. The van der Waals surface area contributed by atoms with Gasteiger partial charge in [0.2, 0.25) is 0 Å². The minimum atomic E-state index is -1.24. The highest BCUT2D eigenvalue weighted by atomic mass is 16.6. The largest absolute Gasteiger partial charge is 0.508 e. The fourth-order valence-corrected chi connectivity index (χ4v) is 8.19. The molecule has 1 aromatic heterocycles. The number of aromatic nitrogens is 3. The maximum absolute atomic E-state index is 13.1. The van der Waals surface area contributed by atoms with Crippen LogP contribution in [-0.2, 0) is 23.5 Å². The third-order valence-corrected chi connectivity index (χ3v) is 11.1. The van der Waals surface area contributed by atoms with Crippen LogP contribution in [-0.4, -0.2) is 60.8 Å². The fraction of sp³-hybridized carbons (Fsp3) is 0.244. The number of benzene rings is 5. The molecule has 4 N–H and O–H groups in total. The standard InChI is InChI=1S/C45H40N4O10/c1-48(42-36(53)23-40-41(43(42)54)35(52)22-37(57-40)26-10-12-28(50)13-11-26)18-6-2-3-7-19-49-24-27(46-47-49)25-56-30-15-17-34-39(21-30)58-38-20-29(51)14-16-33(38)45(34)32-9-5-4-8-31(32)44(55)59-45/h4-5,8-17,20-21,23-24,37,50-51,53-54H,2-3,6-7,18-19,22,25H2,1H3. The number of esters is 1. The number of nitrogens with zero attached hydrogens (tertiary/aromatic N) is 4. The number of ether oxygens (including phenoxy) is 4. The van der Waals surface area contributed by atoms with Crippen LogP contribution in [0.2, 0.25) is 0 Å². The average molecular weight is 797 g/mol. The van der Waals surface area contributed by atoms with Crippen LogP contribution >= 0.6 is 0 Å². The first kappa shape index (κ1) is 37.4. The van der Waals surface area contributed by atoms with Crippen LogP contribution in [0.1, 0.15) is 86.9 Å². The van der Waals surface area contributed by atoms with Gasteiger partial charge in [0.15, 0.2) is 17.1 Å². The van der Waals surface area contributed by atoms with Crippen molar-refractivity contribution in [2.45, 2.75) is 57.0 Å². The lowest BCUT2D eigenvalue weighted by Crippen LogP contribution is -2.32. The monoisotopic (exact) mass is 796 g/mol. The minimum absolute atomic E-state index is 0.0183. The van der Waals surface area contributed by atoms with Crippen LogP contribution in [0.15, 0.2) is 97.2 Å². The molecular weight excluding hydrogens is 757 g/mol. The van der Waals surface area contributed by atoms with E-state index < -0.39 is 17.7 Å². The van der Waals surface area contributed by atoms with Crippen molar-refractivity contribution in [2.75, 3.05) is 18.5 Å². The normalized spacial score (nSPS) is 17.3. The van der Waals surface area contributed by atoms with Gasteiger partial charge in [-0.2, -0.15) is 0 Å². The fourth-order valence-electron chi connectivity index (χ4n) is 8.19. The second-order valence-corrected chi connectivity index (χ2v) is 14.9. The second kappa shape index (κ2) is 14.9. The lowest BCUT2D eigenvalue weighted by molar-refractivity contribution is 0.0224. The van der Waals surface area contributed by atoms with E-state index in [0.717, 1.165) is 25.7 Å². The Hall–Kier alpha value is -7.22. The van der Waals surface area contributed by atoms with Gasteiger partial charge in [0.05, 0.1) is 18.2 Å². The molecule has 59 heavy (non-hydrogen) atoms. The van der Waals surface area contributed by atoms with Crippen molar-refractivity contribution >= 4 is 17.4 Å². The number of hydrogen-bond acceptors (Lipinski definition) is 13. The van der Waals surface area contributed by atoms with E-state index in [1.807, 2.05) is 24.4 Å². The Kier molecular flexibility index (Phi) is 9.46. The first-order chi connectivity index (χ1) is 28.6. The van der Waals surface area contributed by atoms with Gasteiger partial charge in [-0.3, -0.25) is 9.48 Å². The molecule has 0 radical (unpaired) electrons. The molecule has 4 heterocycles. The quantitative estimate of drug-likeness (QED) is 0.0700. The van der Waals surface area contributed by atoms with Gasteiger partial charge in [0.1, 0.15) is 69.9 Å². The number of anilines is 1. The van der Waals surface area contributed by atoms with Crippen molar-refractivity contribution in [2.24, 2.45) is 0 Å². The summed E-state index contributed by atoms with van der Waals surface area (Å²) in [5, 5.41) is 50.3. The van der Waals surface area contributed by atoms with Crippen LogP contribution in [0, 0.1) is 0 Å². The van der Waals surface area contributed by atoms with E-state index >= 15 is 0 Å². The van der Waals surface area contributed by atoms with Crippen molar-refractivity contribution in [3.05, 3.63) is 136 Å². The van der Waals surface area contributed by atoms with Crippen molar-refractivity contribution in [1.29, 1.82) is 0 Å². The van der Waals surface area contributed by atoms with Crippen LogP contribution in [0.5, 0.6) is 46.0 Å². The number of carbonyl (C=O) groups is 2. The third-order valence-electron chi connectivity index (χ3n) is 11.1. The molecule has 14 nitrogen and oxygen atoms in total. The summed E-state index contributed by atoms with van der Waals surface area (Å²) in [6.07, 6.45) is 4.68. The molecule has 0 bridgehead atoms. The average Bonchev–Trinajstić information content (AvgIpc) is 3.80. The van der Waals surface area contributed by atoms with Gasteiger partial charge in [-0.05, 0) is 60.9 Å². The smallest absolute Gasteiger partial charge is 0.340 e. The topological polar surface area (TPSA) is 186 Å². The first-order valence-corrected chi connectivity index (χ1v) is 19.4. The van der Waals surface area contributed by atoms with Crippen molar-refractivity contribution in [1.82, 2.24) is 15.0 Å². The molecule has 2 atom stereocenters. The van der Waals surface area contributed by atoms with E-state index in [2.05, 4.69) is 10.3 Å². The van der Waals surface area contributed by atoms with E-state index in [-0.39, 0.29) is 58.8 Å². The Morgan fingerprint density at radius 1 is 0.831 bits per heavy atom. The molecule has 0 saturated carbocycles. The number of phenolic OH excluding ortho intramolecular Hbond substituents is 4. The van der Waals surface area contributed by atoms with Gasteiger partial charge in [-0.25, -0.2) is 4.79 Å². The predicted molar refractivity (Wildman–Crippen MR) is 213 cm³/mol. The Balaban J connectivity index is 0.771. The molecule has 300 valence electrons. The number of Topliss-reactive ketones (excluding diaryl/α,β-unsaturated/α-hetero) is 1. The zero-order valence-electron chi connectivity index (χ0n) is 32.0. The molecule has 6 aromatic rings. The molecular formula is C45H40N4O10. The summed E-state index contributed by atoms with van der Waals surface area (Å²) < 4.78 is 26.3. The number of aromatic hydroxyl groups is 4. The predicted octanol–water partition coefficient (Wildman–Crippen LogP) is 7.65. The van der Waals surface area contributed by atoms with Crippen LogP contribution in [0.4, 0.5) is 5.69 Å². The van der Waals surface area contributed by atoms with Crippen LogP contribution in [0.3, 0.4) is 0 Å². The van der Waals surface area contributed by atoms with Gasteiger partial charge < -0.3 is 44.3 Å². The molecule has 14 heteroatoms. The summed E-state index contributed by atoms with van der Waals surface area (Å²) in [6, 6.07) is 25.1. The Bertz CT molecular complexity index is 2610. The number of unbranched alkanes of at least 4 members (excludes halogenated alkanes) is 3. The summed E-state index contributed by atoms with van der Waals surface area (Å²) in [4.78, 5) is 27.9. The molecule has 1 spiro atoms. The lowest BCUT2D eigenvalue weighted by atomic mass is 9.77. The van der Waals surface area contributed by atoms with Gasteiger partial charge in [-0.15, -0.1) is 5.10 Å². The molecule has 3 aliphatic rings. The third kappa shape index (κ3) is 6.75.